The van der Waals surface area contributed by atoms with Crippen LogP contribution in [0.1, 0.15) is 41.9 Å². The van der Waals surface area contributed by atoms with E-state index < -0.39 is 11.5 Å². The Morgan fingerprint density at radius 3 is 2.89 bits per heavy atom. The van der Waals surface area contributed by atoms with Gasteiger partial charge in [0.05, 0.1) is 23.8 Å². The molecular formula is C15H18O3. The molecule has 0 amide bonds. The van der Waals surface area contributed by atoms with Crippen molar-refractivity contribution in [3.63, 3.8) is 0 Å². The number of allylic oxidation sites excluding steroid dienone is 1. The second-order valence-corrected chi connectivity index (χ2v) is 5.90. The molecular weight excluding hydrogens is 228 g/mol. The Kier molecular flexibility index (Phi) is 2.33. The van der Waals surface area contributed by atoms with Crippen LogP contribution in [0.4, 0.5) is 0 Å². The molecule has 0 aliphatic heterocycles. The first-order valence-electron chi connectivity index (χ1n) is 6.41. The lowest BCUT2D eigenvalue weighted by molar-refractivity contribution is -0.00609. The van der Waals surface area contributed by atoms with Gasteiger partial charge in [-0.05, 0) is 25.8 Å². The number of hydrogen-bond donors (Lipinski definition) is 1. The summed E-state index contributed by atoms with van der Waals surface area (Å²) in [5.41, 5.74) is 2.30. The number of fused-ring (bicyclic) bond motifs is 2. The summed E-state index contributed by atoms with van der Waals surface area (Å²) in [6, 6.07) is 0. The molecule has 3 unspecified atom stereocenters. The Labute approximate surface area is 106 Å². The molecule has 3 nitrogen and oxygen atoms in total. The number of Topliss-reactive ketones (excluding diaryl/α,β-unsaturated/α-hetero) is 1. The lowest BCUT2D eigenvalue weighted by Crippen LogP contribution is -2.50. The van der Waals surface area contributed by atoms with E-state index in [1.54, 1.807) is 6.26 Å². The van der Waals surface area contributed by atoms with Crippen LogP contribution in [0.2, 0.25) is 0 Å². The second-order valence-electron chi connectivity index (χ2n) is 5.90. The molecule has 3 atom stereocenters. The Morgan fingerprint density at radius 2 is 2.17 bits per heavy atom. The van der Waals surface area contributed by atoms with Crippen LogP contribution in [-0.4, -0.2) is 17.0 Å². The molecule has 1 N–H and O–H groups in total. The van der Waals surface area contributed by atoms with E-state index in [0.29, 0.717) is 12.8 Å². The quantitative estimate of drug-likeness (QED) is 0.716. The van der Waals surface area contributed by atoms with Gasteiger partial charge in [0.2, 0.25) is 0 Å². The monoisotopic (exact) mass is 246 g/mol. The number of furan rings is 1. The van der Waals surface area contributed by atoms with E-state index in [1.165, 1.54) is 0 Å². The van der Waals surface area contributed by atoms with Crippen molar-refractivity contribution in [2.45, 2.75) is 39.7 Å². The maximum absolute atomic E-state index is 12.7. The lowest BCUT2D eigenvalue weighted by Gasteiger charge is -2.46. The molecule has 96 valence electrons. The maximum Gasteiger partial charge on any atom is 0.174 e. The first-order chi connectivity index (χ1) is 8.45. The summed E-state index contributed by atoms with van der Waals surface area (Å²) in [6.07, 6.45) is 4.43. The van der Waals surface area contributed by atoms with E-state index >= 15 is 0 Å². The smallest absolute Gasteiger partial charge is 0.174 e. The third-order valence-electron chi connectivity index (χ3n) is 4.64. The van der Waals surface area contributed by atoms with Gasteiger partial charge in [-0.3, -0.25) is 4.79 Å². The predicted octanol–water partition coefficient (Wildman–Crippen LogP) is 2.66. The normalized spacial score (nSPS) is 34.9. The third kappa shape index (κ3) is 1.31. The first kappa shape index (κ1) is 11.7. The Hall–Kier alpha value is -1.35. The number of ketones is 1. The zero-order valence-electron chi connectivity index (χ0n) is 11.0. The van der Waals surface area contributed by atoms with Crippen molar-refractivity contribution in [1.82, 2.24) is 0 Å². The maximum atomic E-state index is 12.7. The molecule has 3 rings (SSSR count). The fourth-order valence-electron chi connectivity index (χ4n) is 3.57. The molecule has 3 heteroatoms. The van der Waals surface area contributed by atoms with Gasteiger partial charge in [-0.1, -0.05) is 18.6 Å². The zero-order valence-corrected chi connectivity index (χ0v) is 11.0. The fraction of sp³-hybridized carbons (Fsp3) is 0.533. The van der Waals surface area contributed by atoms with E-state index in [1.807, 2.05) is 26.8 Å². The van der Waals surface area contributed by atoms with E-state index in [0.717, 1.165) is 22.5 Å². The summed E-state index contributed by atoms with van der Waals surface area (Å²) in [7, 11) is 0. The molecule has 0 bridgehead atoms. The highest BCUT2D eigenvalue weighted by atomic mass is 16.3. The molecule has 0 spiro atoms. The summed E-state index contributed by atoms with van der Waals surface area (Å²) in [5.74, 6) is 0.646. The Bertz CT molecular complexity index is 552. The van der Waals surface area contributed by atoms with Crippen molar-refractivity contribution in [2.75, 3.05) is 0 Å². The van der Waals surface area contributed by atoms with Crippen molar-refractivity contribution < 1.29 is 14.3 Å². The molecule has 2 aliphatic carbocycles. The summed E-state index contributed by atoms with van der Waals surface area (Å²) in [6.45, 7) is 5.89. The Balaban J connectivity index is 2.20. The van der Waals surface area contributed by atoms with Crippen LogP contribution in [0.15, 0.2) is 22.3 Å². The van der Waals surface area contributed by atoms with Crippen LogP contribution < -0.4 is 0 Å². The molecule has 0 saturated heterocycles. The van der Waals surface area contributed by atoms with Crippen LogP contribution in [0.5, 0.6) is 0 Å². The van der Waals surface area contributed by atoms with E-state index in [2.05, 4.69) is 0 Å². The molecule has 1 aromatic rings. The first-order valence-corrected chi connectivity index (χ1v) is 6.41. The van der Waals surface area contributed by atoms with Gasteiger partial charge in [0, 0.05) is 11.8 Å². The molecule has 1 heterocycles. The lowest BCUT2D eigenvalue weighted by atomic mass is 9.58. The number of hydrogen-bond acceptors (Lipinski definition) is 3. The summed E-state index contributed by atoms with van der Waals surface area (Å²) < 4.78 is 5.50. The predicted molar refractivity (Wildman–Crippen MR) is 67.5 cm³/mol. The van der Waals surface area contributed by atoms with Gasteiger partial charge in [-0.2, -0.15) is 0 Å². The SMILES string of the molecule is CC1=CCC(O)C2(C)Cc3occ(C)c3C(=O)C12. The molecule has 0 radical (unpaired) electrons. The van der Waals surface area contributed by atoms with Crippen LogP contribution in [0, 0.1) is 18.3 Å². The number of aliphatic hydroxyl groups is 1. The third-order valence-corrected chi connectivity index (χ3v) is 4.64. The zero-order chi connectivity index (χ0) is 13.1. The molecule has 2 aliphatic rings. The van der Waals surface area contributed by atoms with Gasteiger partial charge in [-0.25, -0.2) is 0 Å². The largest absolute Gasteiger partial charge is 0.468 e. The van der Waals surface area contributed by atoms with Crippen LogP contribution in [-0.2, 0) is 6.42 Å². The fourth-order valence-corrected chi connectivity index (χ4v) is 3.57. The molecule has 1 aromatic heterocycles. The van der Waals surface area contributed by atoms with E-state index in [-0.39, 0.29) is 11.7 Å². The van der Waals surface area contributed by atoms with Gasteiger partial charge in [-0.15, -0.1) is 0 Å². The standard InChI is InChI=1S/C15H18O3/c1-8-4-5-11(16)15(3)6-10-12(9(2)7-18-10)14(17)13(8)15/h4,7,11,13,16H,5-6H2,1-3H3. The molecule has 0 aromatic carbocycles. The molecule has 0 fully saturated rings. The minimum atomic E-state index is -0.478. The van der Waals surface area contributed by atoms with Crippen molar-refractivity contribution >= 4 is 5.78 Å². The highest BCUT2D eigenvalue weighted by Crippen LogP contribution is 2.49. The average Bonchev–Trinajstić information content (AvgIpc) is 2.66. The van der Waals surface area contributed by atoms with Crippen LogP contribution >= 0.6 is 0 Å². The van der Waals surface area contributed by atoms with Crippen molar-refractivity contribution in [2.24, 2.45) is 11.3 Å². The summed E-state index contributed by atoms with van der Waals surface area (Å²) >= 11 is 0. The number of aliphatic hydroxyl groups excluding tert-OH is 1. The number of rotatable bonds is 0. The molecule has 0 saturated carbocycles. The van der Waals surface area contributed by atoms with Crippen LogP contribution in [0.3, 0.4) is 0 Å². The Morgan fingerprint density at radius 1 is 1.44 bits per heavy atom. The minimum Gasteiger partial charge on any atom is -0.468 e. The number of aryl methyl sites for hydroxylation is 1. The molecule has 18 heavy (non-hydrogen) atoms. The van der Waals surface area contributed by atoms with Crippen LogP contribution in [0.25, 0.3) is 0 Å². The highest BCUT2D eigenvalue weighted by molar-refractivity contribution is 6.03. The van der Waals surface area contributed by atoms with E-state index in [4.69, 9.17) is 4.42 Å². The van der Waals surface area contributed by atoms with Crippen molar-refractivity contribution in [3.05, 3.63) is 34.8 Å². The summed E-state index contributed by atoms with van der Waals surface area (Å²) in [5, 5.41) is 10.3. The average molecular weight is 246 g/mol. The van der Waals surface area contributed by atoms with Gasteiger partial charge >= 0.3 is 0 Å². The van der Waals surface area contributed by atoms with Gasteiger partial charge in [0.1, 0.15) is 5.76 Å². The number of carbonyl (C=O) groups is 1. The topological polar surface area (TPSA) is 50.4 Å². The van der Waals surface area contributed by atoms with Crippen molar-refractivity contribution in [1.29, 1.82) is 0 Å². The minimum absolute atomic E-state index is 0.109. The highest BCUT2D eigenvalue weighted by Gasteiger charge is 2.52. The van der Waals surface area contributed by atoms with Crippen molar-refractivity contribution in [3.8, 4) is 0 Å². The van der Waals surface area contributed by atoms with Gasteiger partial charge < -0.3 is 9.52 Å². The van der Waals surface area contributed by atoms with E-state index in [9.17, 15) is 9.90 Å². The van der Waals surface area contributed by atoms with Gasteiger partial charge in [0.15, 0.2) is 5.78 Å². The van der Waals surface area contributed by atoms with Gasteiger partial charge in [0.25, 0.3) is 0 Å². The number of carbonyl (C=O) groups excluding carboxylic acids is 1. The summed E-state index contributed by atoms with van der Waals surface area (Å²) in [4.78, 5) is 12.7. The second kappa shape index (κ2) is 3.58.